The fourth-order valence-electron chi connectivity index (χ4n) is 3.50. The van der Waals surface area contributed by atoms with E-state index < -0.39 is 0 Å². The maximum atomic E-state index is 12.8. The number of nitrogens with zero attached hydrogens (tertiary/aromatic N) is 2. The summed E-state index contributed by atoms with van der Waals surface area (Å²) < 4.78 is 5.34. The lowest BCUT2D eigenvalue weighted by Gasteiger charge is -2.29. The van der Waals surface area contributed by atoms with E-state index in [2.05, 4.69) is 32.9 Å². The van der Waals surface area contributed by atoms with E-state index in [1.165, 1.54) is 5.56 Å². The van der Waals surface area contributed by atoms with Gasteiger partial charge in [0.15, 0.2) is 0 Å². The highest BCUT2D eigenvalue weighted by Crippen LogP contribution is 2.37. The number of benzene rings is 2. The standard InChI is InChI=1S/C23H28N2O2/c1-17-23(2,3)22(19-13-9-14-20(16-19)27-4)24-25(17)21(26)15-8-12-18-10-6-5-7-11-18/h5-7,9-11,13-14,16-17H,8,12,15H2,1-4H3. The van der Waals surface area contributed by atoms with Crippen LogP contribution in [0, 0.1) is 5.41 Å². The molecule has 3 rings (SSSR count). The summed E-state index contributed by atoms with van der Waals surface area (Å²) in [5, 5.41) is 6.42. The van der Waals surface area contributed by atoms with Crippen LogP contribution in [0.5, 0.6) is 5.75 Å². The maximum absolute atomic E-state index is 12.8. The van der Waals surface area contributed by atoms with Crippen molar-refractivity contribution in [3.63, 3.8) is 0 Å². The second kappa shape index (κ2) is 7.95. The number of amides is 1. The number of carbonyl (C=O) groups excluding carboxylic acids is 1. The molecule has 0 aromatic heterocycles. The van der Waals surface area contributed by atoms with Crippen molar-refractivity contribution in [3.8, 4) is 5.75 Å². The molecule has 0 saturated heterocycles. The molecule has 0 fully saturated rings. The molecule has 0 N–H and O–H groups in total. The van der Waals surface area contributed by atoms with Crippen LogP contribution in [0.4, 0.5) is 0 Å². The summed E-state index contributed by atoms with van der Waals surface area (Å²) >= 11 is 0. The first-order valence-corrected chi connectivity index (χ1v) is 9.53. The Labute approximate surface area is 161 Å². The van der Waals surface area contributed by atoms with Crippen molar-refractivity contribution in [2.45, 2.75) is 46.1 Å². The lowest BCUT2D eigenvalue weighted by molar-refractivity contribution is -0.133. The van der Waals surface area contributed by atoms with Crippen molar-refractivity contribution in [1.82, 2.24) is 5.01 Å². The summed E-state index contributed by atoms with van der Waals surface area (Å²) in [6.45, 7) is 6.37. The molecule has 0 radical (unpaired) electrons. The summed E-state index contributed by atoms with van der Waals surface area (Å²) in [7, 11) is 1.66. The molecule has 0 saturated carbocycles. The summed E-state index contributed by atoms with van der Waals surface area (Å²) in [6.07, 6.45) is 2.24. The molecule has 4 heteroatoms. The van der Waals surface area contributed by atoms with E-state index in [4.69, 9.17) is 9.84 Å². The van der Waals surface area contributed by atoms with Crippen LogP contribution < -0.4 is 4.74 Å². The molecular formula is C23H28N2O2. The van der Waals surface area contributed by atoms with Crippen LogP contribution in [0.25, 0.3) is 0 Å². The third-order valence-electron chi connectivity index (χ3n) is 5.53. The Morgan fingerprint density at radius 1 is 1.15 bits per heavy atom. The zero-order chi connectivity index (χ0) is 19.4. The molecule has 27 heavy (non-hydrogen) atoms. The summed E-state index contributed by atoms with van der Waals surface area (Å²) in [4.78, 5) is 12.8. The fourth-order valence-corrected chi connectivity index (χ4v) is 3.50. The van der Waals surface area contributed by atoms with Crippen LogP contribution in [0.3, 0.4) is 0 Å². The molecule has 142 valence electrons. The number of methoxy groups -OCH3 is 1. The van der Waals surface area contributed by atoms with Gasteiger partial charge < -0.3 is 4.74 Å². The number of hydrazone groups is 1. The first-order chi connectivity index (χ1) is 12.9. The number of rotatable bonds is 6. The Kier molecular flexibility index (Phi) is 5.64. The number of aryl methyl sites for hydroxylation is 1. The van der Waals surface area contributed by atoms with Crippen LogP contribution >= 0.6 is 0 Å². The van der Waals surface area contributed by atoms with Gasteiger partial charge in [0.25, 0.3) is 0 Å². The van der Waals surface area contributed by atoms with Crippen LogP contribution in [-0.4, -0.2) is 29.8 Å². The van der Waals surface area contributed by atoms with Crippen molar-refractivity contribution < 1.29 is 9.53 Å². The molecule has 1 atom stereocenters. The van der Waals surface area contributed by atoms with E-state index in [1.54, 1.807) is 12.1 Å². The quantitative estimate of drug-likeness (QED) is 0.747. The molecule has 0 bridgehead atoms. The molecule has 0 aliphatic carbocycles. The second-order valence-electron chi connectivity index (χ2n) is 7.66. The second-order valence-corrected chi connectivity index (χ2v) is 7.66. The average Bonchev–Trinajstić information content (AvgIpc) is 2.92. The fraction of sp³-hybridized carbons (Fsp3) is 0.391. The van der Waals surface area contributed by atoms with Crippen LogP contribution in [0.1, 0.15) is 44.7 Å². The van der Waals surface area contributed by atoms with Gasteiger partial charge in [-0.1, -0.05) is 56.3 Å². The van der Waals surface area contributed by atoms with Crippen LogP contribution in [0.2, 0.25) is 0 Å². The van der Waals surface area contributed by atoms with Crippen LogP contribution in [-0.2, 0) is 11.2 Å². The van der Waals surface area contributed by atoms with E-state index in [0.29, 0.717) is 6.42 Å². The minimum Gasteiger partial charge on any atom is -0.497 e. The lowest BCUT2D eigenvalue weighted by atomic mass is 9.78. The van der Waals surface area contributed by atoms with Crippen molar-refractivity contribution in [2.24, 2.45) is 10.5 Å². The monoisotopic (exact) mass is 364 g/mol. The van der Waals surface area contributed by atoms with E-state index in [9.17, 15) is 4.79 Å². The number of hydrogen-bond acceptors (Lipinski definition) is 3. The minimum atomic E-state index is -0.221. The molecule has 1 amide bonds. The molecule has 2 aromatic rings. The molecule has 0 spiro atoms. The van der Waals surface area contributed by atoms with Gasteiger partial charge in [-0.25, -0.2) is 5.01 Å². The van der Waals surface area contributed by atoms with Crippen molar-refractivity contribution in [1.29, 1.82) is 0 Å². The predicted octanol–water partition coefficient (Wildman–Crippen LogP) is 4.68. The Balaban J connectivity index is 1.72. The van der Waals surface area contributed by atoms with Crippen molar-refractivity contribution in [2.75, 3.05) is 7.11 Å². The Morgan fingerprint density at radius 2 is 1.89 bits per heavy atom. The zero-order valence-electron chi connectivity index (χ0n) is 16.6. The zero-order valence-corrected chi connectivity index (χ0v) is 16.6. The lowest BCUT2D eigenvalue weighted by Crippen LogP contribution is -2.40. The number of hydrogen-bond donors (Lipinski definition) is 0. The molecule has 1 aliphatic heterocycles. The third-order valence-corrected chi connectivity index (χ3v) is 5.53. The summed E-state index contributed by atoms with van der Waals surface area (Å²) in [6, 6.07) is 18.2. The van der Waals surface area contributed by atoms with Gasteiger partial charge in [0.2, 0.25) is 5.91 Å². The van der Waals surface area contributed by atoms with Crippen molar-refractivity contribution >= 4 is 11.6 Å². The molecule has 4 nitrogen and oxygen atoms in total. The van der Waals surface area contributed by atoms with E-state index in [-0.39, 0.29) is 17.4 Å². The van der Waals surface area contributed by atoms with E-state index >= 15 is 0 Å². The van der Waals surface area contributed by atoms with Gasteiger partial charge in [-0.3, -0.25) is 4.79 Å². The van der Waals surface area contributed by atoms with Gasteiger partial charge in [-0.15, -0.1) is 0 Å². The highest BCUT2D eigenvalue weighted by Gasteiger charge is 2.44. The van der Waals surface area contributed by atoms with Crippen LogP contribution in [0.15, 0.2) is 59.7 Å². The van der Waals surface area contributed by atoms with Gasteiger partial charge in [0.1, 0.15) is 5.75 Å². The van der Waals surface area contributed by atoms with Gasteiger partial charge in [0.05, 0.1) is 18.9 Å². The highest BCUT2D eigenvalue weighted by atomic mass is 16.5. The predicted molar refractivity (Wildman–Crippen MR) is 109 cm³/mol. The first kappa shape index (κ1) is 19.2. The van der Waals surface area contributed by atoms with Gasteiger partial charge in [0, 0.05) is 17.4 Å². The Hall–Kier alpha value is -2.62. The third kappa shape index (κ3) is 4.05. The average molecular weight is 364 g/mol. The van der Waals surface area contributed by atoms with Gasteiger partial charge in [-0.05, 0) is 37.5 Å². The molecular weight excluding hydrogens is 336 g/mol. The first-order valence-electron chi connectivity index (χ1n) is 9.53. The highest BCUT2D eigenvalue weighted by molar-refractivity contribution is 6.07. The number of carbonyl (C=O) groups is 1. The normalized spacial score (nSPS) is 18.3. The number of ether oxygens (including phenoxy) is 1. The SMILES string of the molecule is COc1cccc(C2=NN(C(=O)CCCc3ccccc3)C(C)C2(C)C)c1. The Morgan fingerprint density at radius 3 is 2.59 bits per heavy atom. The van der Waals surface area contributed by atoms with E-state index in [0.717, 1.165) is 29.9 Å². The smallest absolute Gasteiger partial charge is 0.242 e. The molecule has 1 unspecified atom stereocenters. The summed E-state index contributed by atoms with van der Waals surface area (Å²) in [5.41, 5.74) is 2.98. The summed E-state index contributed by atoms with van der Waals surface area (Å²) in [5.74, 6) is 0.885. The molecule has 1 aliphatic rings. The minimum absolute atomic E-state index is 0.0166. The Bertz CT molecular complexity index is 827. The van der Waals surface area contributed by atoms with Crippen molar-refractivity contribution in [3.05, 3.63) is 65.7 Å². The molecule has 2 aromatic carbocycles. The maximum Gasteiger partial charge on any atom is 0.242 e. The largest absolute Gasteiger partial charge is 0.497 e. The topological polar surface area (TPSA) is 41.9 Å². The molecule has 1 heterocycles. The van der Waals surface area contributed by atoms with Gasteiger partial charge >= 0.3 is 0 Å². The van der Waals surface area contributed by atoms with E-state index in [1.807, 2.05) is 42.5 Å². The van der Waals surface area contributed by atoms with Gasteiger partial charge in [-0.2, -0.15) is 5.10 Å².